The summed E-state index contributed by atoms with van der Waals surface area (Å²) in [7, 11) is -4.01. The fourth-order valence-electron chi connectivity index (χ4n) is 3.14. The zero-order chi connectivity index (χ0) is 23.0. The van der Waals surface area contributed by atoms with Gasteiger partial charge in [0.05, 0.1) is 22.9 Å². The molecule has 0 aliphatic carbocycles. The molecule has 0 saturated heterocycles. The third kappa shape index (κ3) is 4.59. The molecule has 1 atom stereocenters. The van der Waals surface area contributed by atoms with Crippen molar-refractivity contribution in [3.05, 3.63) is 46.9 Å². The van der Waals surface area contributed by atoms with Crippen LogP contribution >= 0.6 is 11.3 Å². The highest BCUT2D eigenvalue weighted by Gasteiger charge is 2.30. The van der Waals surface area contributed by atoms with E-state index in [1.54, 1.807) is 19.1 Å². The number of hydrogen-bond acceptors (Lipinski definition) is 8. The van der Waals surface area contributed by atoms with Gasteiger partial charge in [0.2, 0.25) is 16.0 Å². The molecular weight excluding hydrogens is 441 g/mol. The Bertz CT molecular complexity index is 1210. The molecule has 11 heteroatoms. The second-order valence-corrected chi connectivity index (χ2v) is 10.5. The molecule has 5 N–H and O–H groups in total. The Kier molecular flexibility index (Phi) is 6.42. The number of thiazole rings is 1. The van der Waals surface area contributed by atoms with E-state index in [9.17, 15) is 13.5 Å². The van der Waals surface area contributed by atoms with Crippen LogP contribution in [-0.2, 0) is 15.4 Å². The lowest BCUT2D eigenvalue weighted by Gasteiger charge is -2.18. The van der Waals surface area contributed by atoms with E-state index in [2.05, 4.69) is 15.0 Å². The molecule has 2 aromatic heterocycles. The Balaban J connectivity index is 2.29. The Hall–Kier alpha value is -2.47. The number of hydrogen-bond donors (Lipinski definition) is 3. The maximum atomic E-state index is 15.6. The minimum atomic E-state index is -4.01. The standard InChI is InChI=1S/C20H24FN5O3S2/c1-4-14(31(23,28)29)11-6-5-7-12(15(11)21)16-17(13-8-9-24-19(22)25-13)30-18(26-16)20(2,3)10-27/h5-9,14,27H,4,10H2,1-3H3,(H2,22,24,25)(H2,23,28,29). The lowest BCUT2D eigenvalue weighted by Crippen LogP contribution is -2.22. The summed E-state index contributed by atoms with van der Waals surface area (Å²) in [5.74, 6) is -0.667. The number of aliphatic hydroxyl groups excluding tert-OH is 1. The number of sulfonamides is 1. The van der Waals surface area contributed by atoms with Crippen LogP contribution in [0, 0.1) is 5.82 Å². The van der Waals surface area contributed by atoms with Gasteiger partial charge >= 0.3 is 0 Å². The van der Waals surface area contributed by atoms with Gasteiger partial charge < -0.3 is 10.8 Å². The minimum Gasteiger partial charge on any atom is -0.395 e. The number of aliphatic hydroxyl groups is 1. The largest absolute Gasteiger partial charge is 0.395 e. The number of rotatable bonds is 7. The van der Waals surface area contributed by atoms with Gasteiger partial charge in [-0.15, -0.1) is 11.3 Å². The first kappa shape index (κ1) is 23.2. The maximum absolute atomic E-state index is 15.6. The highest BCUT2D eigenvalue weighted by Crippen LogP contribution is 2.42. The molecule has 0 aliphatic heterocycles. The van der Waals surface area contributed by atoms with Crippen LogP contribution in [0.2, 0.25) is 0 Å². The molecule has 1 aromatic carbocycles. The normalized spacial score (nSPS) is 13.4. The number of nitrogens with two attached hydrogens (primary N) is 2. The molecule has 0 amide bonds. The van der Waals surface area contributed by atoms with Crippen molar-refractivity contribution in [2.45, 2.75) is 37.9 Å². The van der Waals surface area contributed by atoms with Crippen LogP contribution in [0.3, 0.4) is 0 Å². The van der Waals surface area contributed by atoms with Crippen molar-refractivity contribution in [2.24, 2.45) is 5.14 Å². The summed E-state index contributed by atoms with van der Waals surface area (Å²) in [5.41, 5.74) is 5.87. The van der Waals surface area contributed by atoms with Crippen LogP contribution in [0.4, 0.5) is 10.3 Å². The van der Waals surface area contributed by atoms with E-state index in [0.29, 0.717) is 15.6 Å². The Labute approximate surface area is 184 Å². The number of halogens is 1. The summed E-state index contributed by atoms with van der Waals surface area (Å²) >= 11 is 1.26. The molecule has 1 unspecified atom stereocenters. The van der Waals surface area contributed by atoms with E-state index >= 15 is 4.39 Å². The van der Waals surface area contributed by atoms with E-state index < -0.39 is 26.5 Å². The van der Waals surface area contributed by atoms with E-state index in [0.717, 1.165) is 0 Å². The molecule has 0 radical (unpaired) electrons. The molecular formula is C20H24FN5O3S2. The lowest BCUT2D eigenvalue weighted by molar-refractivity contribution is 0.218. The fourth-order valence-corrected chi connectivity index (χ4v) is 5.29. The van der Waals surface area contributed by atoms with Gasteiger partial charge in [-0.2, -0.15) is 0 Å². The van der Waals surface area contributed by atoms with Crippen molar-refractivity contribution in [3.63, 3.8) is 0 Å². The van der Waals surface area contributed by atoms with Gasteiger partial charge in [0.15, 0.2) is 0 Å². The summed E-state index contributed by atoms with van der Waals surface area (Å²) in [6, 6.07) is 6.12. The smallest absolute Gasteiger partial charge is 0.220 e. The first-order valence-corrected chi connectivity index (χ1v) is 11.9. The molecule has 31 heavy (non-hydrogen) atoms. The average molecular weight is 466 g/mol. The second-order valence-electron chi connectivity index (χ2n) is 7.73. The van der Waals surface area contributed by atoms with Crippen LogP contribution in [-0.4, -0.2) is 35.1 Å². The van der Waals surface area contributed by atoms with Gasteiger partial charge in [0.25, 0.3) is 0 Å². The molecule has 166 valence electrons. The Morgan fingerprint density at radius 3 is 2.55 bits per heavy atom. The summed E-state index contributed by atoms with van der Waals surface area (Å²) < 4.78 is 39.6. The van der Waals surface area contributed by atoms with Crippen molar-refractivity contribution in [1.29, 1.82) is 0 Å². The lowest BCUT2D eigenvalue weighted by atomic mass is 9.96. The zero-order valence-corrected chi connectivity index (χ0v) is 19.0. The number of nitrogens with zero attached hydrogens (tertiary/aromatic N) is 3. The number of primary sulfonamides is 1. The van der Waals surface area contributed by atoms with Crippen LogP contribution < -0.4 is 10.9 Å². The van der Waals surface area contributed by atoms with Crippen molar-refractivity contribution in [1.82, 2.24) is 15.0 Å². The van der Waals surface area contributed by atoms with Crippen LogP contribution in [0.15, 0.2) is 30.5 Å². The predicted octanol–water partition coefficient (Wildman–Crippen LogP) is 3.00. The zero-order valence-electron chi connectivity index (χ0n) is 17.3. The van der Waals surface area contributed by atoms with Crippen molar-refractivity contribution in [2.75, 3.05) is 12.3 Å². The van der Waals surface area contributed by atoms with E-state index in [1.807, 2.05) is 13.8 Å². The van der Waals surface area contributed by atoms with Crippen molar-refractivity contribution in [3.8, 4) is 21.8 Å². The number of aromatic nitrogens is 3. The van der Waals surface area contributed by atoms with Crippen LogP contribution in [0.5, 0.6) is 0 Å². The van der Waals surface area contributed by atoms with Gasteiger partial charge in [-0.25, -0.2) is 32.9 Å². The monoisotopic (exact) mass is 465 g/mol. The van der Waals surface area contributed by atoms with E-state index in [4.69, 9.17) is 10.9 Å². The maximum Gasteiger partial charge on any atom is 0.220 e. The molecule has 3 aromatic rings. The number of benzene rings is 1. The Morgan fingerprint density at radius 2 is 1.97 bits per heavy atom. The Morgan fingerprint density at radius 1 is 1.26 bits per heavy atom. The van der Waals surface area contributed by atoms with Crippen molar-refractivity contribution < 1.29 is 17.9 Å². The van der Waals surface area contributed by atoms with Gasteiger partial charge in [-0.1, -0.05) is 32.9 Å². The summed E-state index contributed by atoms with van der Waals surface area (Å²) in [5, 5.41) is 14.5. The third-order valence-electron chi connectivity index (χ3n) is 4.91. The highest BCUT2D eigenvalue weighted by molar-refractivity contribution is 7.89. The highest BCUT2D eigenvalue weighted by atomic mass is 32.2. The van der Waals surface area contributed by atoms with E-state index in [-0.39, 0.29) is 35.8 Å². The first-order valence-electron chi connectivity index (χ1n) is 9.51. The predicted molar refractivity (Wildman–Crippen MR) is 119 cm³/mol. The first-order chi connectivity index (χ1) is 14.5. The number of anilines is 1. The fraction of sp³-hybridized carbons (Fsp3) is 0.350. The molecule has 0 spiro atoms. The van der Waals surface area contributed by atoms with E-state index in [1.165, 1.54) is 29.7 Å². The van der Waals surface area contributed by atoms with Gasteiger partial charge in [-0.3, -0.25) is 0 Å². The molecule has 0 aliphatic rings. The summed E-state index contributed by atoms with van der Waals surface area (Å²) in [6.07, 6.45) is 1.60. The third-order valence-corrected chi connectivity index (χ3v) is 7.73. The van der Waals surface area contributed by atoms with Gasteiger partial charge in [-0.05, 0) is 18.6 Å². The van der Waals surface area contributed by atoms with Crippen LogP contribution in [0.25, 0.3) is 21.8 Å². The second kappa shape index (κ2) is 8.58. The number of nitrogen functional groups attached to an aromatic ring is 1. The molecule has 3 rings (SSSR count). The van der Waals surface area contributed by atoms with Gasteiger partial charge in [0, 0.05) is 22.7 Å². The molecule has 0 saturated carbocycles. The summed E-state index contributed by atoms with van der Waals surface area (Å²) in [4.78, 5) is 13.3. The minimum absolute atomic E-state index is 0.0216. The topological polar surface area (TPSA) is 145 Å². The molecule has 0 bridgehead atoms. The SMILES string of the molecule is CCC(c1cccc(-c2nc(C(C)(C)CO)sc2-c2ccnc(N)n2)c1F)S(N)(=O)=O. The van der Waals surface area contributed by atoms with Gasteiger partial charge in [0.1, 0.15) is 16.1 Å². The molecule has 8 nitrogen and oxygen atoms in total. The molecule has 2 heterocycles. The molecule has 0 fully saturated rings. The van der Waals surface area contributed by atoms with Crippen molar-refractivity contribution >= 4 is 27.3 Å². The summed E-state index contributed by atoms with van der Waals surface area (Å²) in [6.45, 7) is 5.08. The quantitative estimate of drug-likeness (QED) is 0.486. The average Bonchev–Trinajstić information content (AvgIpc) is 3.15. The van der Waals surface area contributed by atoms with Crippen LogP contribution in [0.1, 0.15) is 43.0 Å².